The van der Waals surface area contributed by atoms with Gasteiger partial charge in [-0.1, -0.05) is 176 Å². The molecule has 0 spiro atoms. The van der Waals surface area contributed by atoms with E-state index in [-0.39, 0.29) is 0 Å². The minimum atomic E-state index is 0.621. The zero-order chi connectivity index (χ0) is 41.0. The normalized spacial score (nSPS) is 11.5. The summed E-state index contributed by atoms with van der Waals surface area (Å²) in [5.74, 6) is 1.90. The molecule has 12 rings (SSSR count). The van der Waals surface area contributed by atoms with Crippen molar-refractivity contribution in [3.63, 3.8) is 0 Å². The van der Waals surface area contributed by atoms with Crippen LogP contribution in [0.15, 0.2) is 224 Å². The van der Waals surface area contributed by atoms with Crippen LogP contribution in [0.2, 0.25) is 0 Å². The van der Waals surface area contributed by atoms with E-state index < -0.39 is 0 Å². The maximum atomic E-state index is 5.08. The summed E-state index contributed by atoms with van der Waals surface area (Å²) in [5, 5.41) is 4.81. The summed E-state index contributed by atoms with van der Waals surface area (Å²) in [6, 6.07) is 79.4. The van der Waals surface area contributed by atoms with Gasteiger partial charge in [-0.15, -0.1) is 0 Å². The molecular weight excluding hydrogens is 755 g/mol. The molecule has 0 radical (unpaired) electrons. The molecule has 12 aromatic rings. The summed E-state index contributed by atoms with van der Waals surface area (Å²) in [4.78, 5) is 15.1. The molecule has 5 heteroatoms. The molecule has 0 amide bonds. The Morgan fingerprint density at radius 1 is 0.258 bits per heavy atom. The summed E-state index contributed by atoms with van der Waals surface area (Å²) in [6.07, 6.45) is 0. The highest BCUT2D eigenvalue weighted by Gasteiger charge is 2.22. The molecule has 0 saturated heterocycles. The first-order chi connectivity index (χ1) is 30.7. The van der Waals surface area contributed by atoms with E-state index in [1.807, 2.05) is 60.7 Å². The van der Waals surface area contributed by atoms with Gasteiger partial charge in [0.25, 0.3) is 0 Å². The Balaban J connectivity index is 1.11. The van der Waals surface area contributed by atoms with Crippen molar-refractivity contribution in [3.05, 3.63) is 224 Å². The molecule has 3 heterocycles. The number of benzene rings is 9. The van der Waals surface area contributed by atoms with Crippen LogP contribution >= 0.6 is 0 Å². The van der Waals surface area contributed by atoms with Crippen molar-refractivity contribution >= 4 is 43.6 Å². The van der Waals surface area contributed by atoms with Gasteiger partial charge in [0.15, 0.2) is 17.5 Å². The van der Waals surface area contributed by atoms with Crippen LogP contribution in [-0.2, 0) is 0 Å². The maximum absolute atomic E-state index is 5.08. The summed E-state index contributed by atoms with van der Waals surface area (Å²) in [7, 11) is 0. The zero-order valence-electron chi connectivity index (χ0n) is 33.6. The quantitative estimate of drug-likeness (QED) is 0.162. The number of nitrogens with zero attached hydrogens (tertiary/aromatic N) is 5. The lowest BCUT2D eigenvalue weighted by molar-refractivity contribution is 1.07. The monoisotopic (exact) mass is 791 g/mol. The molecule has 0 fully saturated rings. The molecule has 290 valence electrons. The predicted octanol–water partition coefficient (Wildman–Crippen LogP) is 14.4. The molecule has 3 aromatic heterocycles. The highest BCUT2D eigenvalue weighted by atomic mass is 15.0. The van der Waals surface area contributed by atoms with E-state index in [9.17, 15) is 0 Å². The fourth-order valence-electron chi connectivity index (χ4n) is 9.11. The molecule has 0 aliphatic carbocycles. The first-order valence-electron chi connectivity index (χ1n) is 20.9. The van der Waals surface area contributed by atoms with Crippen LogP contribution in [0.25, 0.3) is 111 Å². The van der Waals surface area contributed by atoms with Gasteiger partial charge in [-0.2, -0.15) is 0 Å². The molecule has 9 aromatic carbocycles. The van der Waals surface area contributed by atoms with Crippen molar-refractivity contribution in [2.45, 2.75) is 0 Å². The van der Waals surface area contributed by atoms with Crippen LogP contribution in [0.3, 0.4) is 0 Å². The Morgan fingerprint density at radius 2 is 0.710 bits per heavy atom. The van der Waals surface area contributed by atoms with Crippen molar-refractivity contribution in [1.29, 1.82) is 0 Å². The van der Waals surface area contributed by atoms with E-state index in [1.54, 1.807) is 0 Å². The Morgan fingerprint density at radius 3 is 1.29 bits per heavy atom. The van der Waals surface area contributed by atoms with Gasteiger partial charge in [-0.3, -0.25) is 0 Å². The Kier molecular flexibility index (Phi) is 8.42. The number of hydrogen-bond donors (Lipinski definition) is 0. The standard InChI is InChI=1S/C57H37N5/c1-5-18-38(19-6-1)43-34-44(39-20-7-2-8-21-39)37-46(36-43)62-50-30-15-13-28-47(50)48-32-33-52-53(54(48)62)49-29-14-16-31-51(49)61(52)45-27-17-26-42(35-45)57-59-55(40-22-9-3-10-23-40)58-56(60-57)41-24-11-4-12-25-41/h1-37H. The zero-order valence-corrected chi connectivity index (χ0v) is 33.6. The average molecular weight is 792 g/mol. The molecule has 0 aliphatic heterocycles. The third-order valence-corrected chi connectivity index (χ3v) is 11.9. The Bertz CT molecular complexity index is 3500. The van der Waals surface area contributed by atoms with Crippen molar-refractivity contribution in [3.8, 4) is 67.8 Å². The predicted molar refractivity (Wildman–Crippen MR) is 256 cm³/mol. The molecule has 0 saturated carbocycles. The smallest absolute Gasteiger partial charge is 0.164 e. The fraction of sp³-hybridized carbons (Fsp3) is 0. The van der Waals surface area contributed by atoms with E-state index in [0.717, 1.165) is 44.6 Å². The highest BCUT2D eigenvalue weighted by molar-refractivity contribution is 6.26. The van der Waals surface area contributed by atoms with Crippen LogP contribution in [0.1, 0.15) is 0 Å². The number of fused-ring (bicyclic) bond motifs is 7. The second-order valence-electron chi connectivity index (χ2n) is 15.7. The summed E-state index contributed by atoms with van der Waals surface area (Å²) in [6.45, 7) is 0. The third kappa shape index (κ3) is 5.98. The van der Waals surface area contributed by atoms with E-state index in [2.05, 4.69) is 173 Å². The number of para-hydroxylation sites is 2. The van der Waals surface area contributed by atoms with Crippen molar-refractivity contribution in [1.82, 2.24) is 24.1 Å². The van der Waals surface area contributed by atoms with Crippen LogP contribution in [0.4, 0.5) is 0 Å². The molecule has 0 bridgehead atoms. The van der Waals surface area contributed by atoms with Gasteiger partial charge in [0.1, 0.15) is 0 Å². The minimum absolute atomic E-state index is 0.621. The van der Waals surface area contributed by atoms with Crippen LogP contribution < -0.4 is 0 Å². The molecule has 0 unspecified atom stereocenters. The third-order valence-electron chi connectivity index (χ3n) is 11.9. The van der Waals surface area contributed by atoms with Crippen molar-refractivity contribution < 1.29 is 0 Å². The van der Waals surface area contributed by atoms with E-state index >= 15 is 0 Å². The summed E-state index contributed by atoms with van der Waals surface area (Å²) >= 11 is 0. The van der Waals surface area contributed by atoms with Crippen molar-refractivity contribution in [2.24, 2.45) is 0 Å². The average Bonchev–Trinajstić information content (AvgIpc) is 3.88. The molecular formula is C57H37N5. The van der Waals surface area contributed by atoms with E-state index in [4.69, 9.17) is 15.0 Å². The molecule has 5 nitrogen and oxygen atoms in total. The first-order valence-corrected chi connectivity index (χ1v) is 20.9. The van der Waals surface area contributed by atoms with Gasteiger partial charge in [-0.05, 0) is 70.8 Å². The SMILES string of the molecule is c1ccc(-c2cc(-c3ccccc3)cc(-n3c4ccccc4c4ccc5c(c6ccccc6n5-c5cccc(-c6nc(-c7ccccc7)nc(-c7ccccc7)n6)c5)c43)c2)cc1. The van der Waals surface area contributed by atoms with Gasteiger partial charge >= 0.3 is 0 Å². The Hall–Kier alpha value is -8.41. The lowest BCUT2D eigenvalue weighted by Gasteiger charge is -2.15. The lowest BCUT2D eigenvalue weighted by atomic mass is 9.98. The van der Waals surface area contributed by atoms with Crippen LogP contribution in [-0.4, -0.2) is 24.1 Å². The summed E-state index contributed by atoms with van der Waals surface area (Å²) < 4.78 is 4.88. The van der Waals surface area contributed by atoms with Crippen molar-refractivity contribution in [2.75, 3.05) is 0 Å². The van der Waals surface area contributed by atoms with Gasteiger partial charge in [0, 0.05) is 49.6 Å². The minimum Gasteiger partial charge on any atom is -0.309 e. The Labute approximate surface area is 358 Å². The maximum Gasteiger partial charge on any atom is 0.164 e. The number of aromatic nitrogens is 5. The highest BCUT2D eigenvalue weighted by Crippen LogP contribution is 2.43. The molecule has 0 atom stereocenters. The van der Waals surface area contributed by atoms with Gasteiger partial charge in [0.05, 0.1) is 22.1 Å². The second kappa shape index (κ2) is 14.7. The first kappa shape index (κ1) is 35.5. The second-order valence-corrected chi connectivity index (χ2v) is 15.7. The van der Waals surface area contributed by atoms with Crippen LogP contribution in [0, 0.1) is 0 Å². The topological polar surface area (TPSA) is 48.5 Å². The molecule has 0 aliphatic rings. The van der Waals surface area contributed by atoms with Gasteiger partial charge in [-0.25, -0.2) is 15.0 Å². The fourth-order valence-corrected chi connectivity index (χ4v) is 9.11. The molecule has 62 heavy (non-hydrogen) atoms. The van der Waals surface area contributed by atoms with Gasteiger partial charge < -0.3 is 9.13 Å². The van der Waals surface area contributed by atoms with Crippen LogP contribution in [0.5, 0.6) is 0 Å². The van der Waals surface area contributed by atoms with E-state index in [1.165, 1.54) is 49.3 Å². The van der Waals surface area contributed by atoms with E-state index in [0.29, 0.717) is 17.5 Å². The lowest BCUT2D eigenvalue weighted by Crippen LogP contribution is -2.01. The number of hydrogen-bond acceptors (Lipinski definition) is 3. The largest absolute Gasteiger partial charge is 0.309 e. The van der Waals surface area contributed by atoms with Gasteiger partial charge in [0.2, 0.25) is 0 Å². The summed E-state index contributed by atoms with van der Waals surface area (Å²) in [5.41, 5.74) is 14.2. The molecule has 0 N–H and O–H groups in total. The number of rotatable bonds is 7.